The van der Waals surface area contributed by atoms with Crippen LogP contribution in [0.4, 0.5) is 0 Å². The van der Waals surface area contributed by atoms with E-state index in [-0.39, 0.29) is 6.10 Å². The van der Waals surface area contributed by atoms with Crippen LogP contribution in [-0.4, -0.2) is 11.2 Å². The minimum Gasteiger partial charge on any atom is -0.457 e. The molecule has 22 heavy (non-hydrogen) atoms. The lowest BCUT2D eigenvalue weighted by Crippen LogP contribution is -2.19. The largest absolute Gasteiger partial charge is 0.457 e. The molecular formula is C20H26O2. The maximum absolute atomic E-state index is 9.92. The lowest BCUT2D eigenvalue weighted by atomic mass is 9.90. The molecule has 0 heterocycles. The van der Waals surface area contributed by atoms with Gasteiger partial charge in [-0.25, -0.2) is 0 Å². The van der Waals surface area contributed by atoms with Gasteiger partial charge < -0.3 is 9.84 Å². The highest BCUT2D eigenvalue weighted by Crippen LogP contribution is 2.24. The number of hydrogen-bond donors (Lipinski definition) is 1. The molecule has 0 radical (unpaired) electrons. The van der Waals surface area contributed by atoms with E-state index in [1.165, 1.54) is 18.4 Å². The lowest BCUT2D eigenvalue weighted by Gasteiger charge is -2.20. The van der Waals surface area contributed by atoms with Gasteiger partial charge in [-0.15, -0.1) is 0 Å². The number of aliphatic hydroxyl groups is 1. The molecule has 2 aromatic rings. The number of para-hydroxylation sites is 1. The first-order valence-electron chi connectivity index (χ1n) is 8.19. The van der Waals surface area contributed by atoms with Gasteiger partial charge >= 0.3 is 0 Å². The van der Waals surface area contributed by atoms with Gasteiger partial charge in [-0.3, -0.25) is 0 Å². The maximum Gasteiger partial charge on any atom is 0.127 e. The highest BCUT2D eigenvalue weighted by atomic mass is 16.5. The second-order valence-electron chi connectivity index (χ2n) is 5.91. The van der Waals surface area contributed by atoms with Gasteiger partial charge in [0.05, 0.1) is 6.10 Å². The van der Waals surface area contributed by atoms with Gasteiger partial charge in [0, 0.05) is 0 Å². The van der Waals surface area contributed by atoms with Crippen molar-refractivity contribution in [1.29, 1.82) is 0 Å². The molecule has 0 saturated carbocycles. The summed E-state index contributed by atoms with van der Waals surface area (Å²) in [7, 11) is 0. The summed E-state index contributed by atoms with van der Waals surface area (Å²) in [6, 6.07) is 18.0. The average molecular weight is 298 g/mol. The fourth-order valence-corrected chi connectivity index (χ4v) is 2.60. The summed E-state index contributed by atoms with van der Waals surface area (Å²) in [4.78, 5) is 0. The van der Waals surface area contributed by atoms with Crippen molar-refractivity contribution >= 4 is 0 Å². The van der Waals surface area contributed by atoms with Crippen LogP contribution in [0.1, 0.15) is 38.7 Å². The number of aliphatic hydroxyl groups excluding tert-OH is 1. The Bertz CT molecular complexity index is 531. The third kappa shape index (κ3) is 5.19. The topological polar surface area (TPSA) is 29.5 Å². The number of hydrogen-bond acceptors (Lipinski definition) is 2. The first-order chi connectivity index (χ1) is 10.7. The first kappa shape index (κ1) is 16.6. The minimum absolute atomic E-state index is 0.258. The molecule has 2 atom stereocenters. The van der Waals surface area contributed by atoms with Gasteiger partial charge in [0.25, 0.3) is 0 Å². The van der Waals surface area contributed by atoms with Gasteiger partial charge in [0.2, 0.25) is 0 Å². The minimum atomic E-state index is -0.258. The summed E-state index contributed by atoms with van der Waals surface area (Å²) in [5.74, 6) is 2.03. The molecule has 2 aromatic carbocycles. The van der Waals surface area contributed by atoms with E-state index in [4.69, 9.17) is 4.74 Å². The standard InChI is InChI=1S/C20H26O2/c1-3-4-8-18(16(2)21)15-17-11-13-20(14-12-17)22-19-9-6-5-7-10-19/h5-7,9-14,16,18,21H,3-4,8,15H2,1-2H3/t16-,18+/m1/s1. The van der Waals surface area contributed by atoms with E-state index in [1.807, 2.05) is 49.4 Å². The summed E-state index contributed by atoms with van der Waals surface area (Å²) in [6.07, 6.45) is 4.09. The van der Waals surface area contributed by atoms with Crippen LogP contribution in [0.3, 0.4) is 0 Å². The third-order valence-electron chi connectivity index (χ3n) is 4.01. The number of unbranched alkanes of at least 4 members (excludes halogenated alkanes) is 1. The molecule has 0 fully saturated rings. The van der Waals surface area contributed by atoms with Gasteiger partial charge in [0.15, 0.2) is 0 Å². The monoisotopic (exact) mass is 298 g/mol. The van der Waals surface area contributed by atoms with Crippen molar-refractivity contribution in [2.45, 2.75) is 45.6 Å². The van der Waals surface area contributed by atoms with Crippen molar-refractivity contribution in [3.05, 3.63) is 60.2 Å². The van der Waals surface area contributed by atoms with Crippen LogP contribution in [0.5, 0.6) is 11.5 Å². The molecule has 2 heteroatoms. The summed E-state index contributed by atoms with van der Waals surface area (Å²) in [5, 5.41) is 9.92. The van der Waals surface area contributed by atoms with E-state index in [0.29, 0.717) is 5.92 Å². The van der Waals surface area contributed by atoms with E-state index in [0.717, 1.165) is 24.3 Å². The Balaban J connectivity index is 1.96. The van der Waals surface area contributed by atoms with Crippen LogP contribution in [-0.2, 0) is 6.42 Å². The van der Waals surface area contributed by atoms with E-state index < -0.39 is 0 Å². The van der Waals surface area contributed by atoms with Crippen LogP contribution >= 0.6 is 0 Å². The Kier molecular flexibility index (Phi) is 6.47. The van der Waals surface area contributed by atoms with Crippen LogP contribution in [0.2, 0.25) is 0 Å². The lowest BCUT2D eigenvalue weighted by molar-refractivity contribution is 0.118. The fraction of sp³-hybridized carbons (Fsp3) is 0.400. The normalized spacial score (nSPS) is 13.6. The van der Waals surface area contributed by atoms with Crippen molar-refractivity contribution in [1.82, 2.24) is 0 Å². The molecule has 118 valence electrons. The molecule has 2 nitrogen and oxygen atoms in total. The molecule has 0 aromatic heterocycles. The molecule has 0 amide bonds. The zero-order valence-corrected chi connectivity index (χ0v) is 13.5. The quantitative estimate of drug-likeness (QED) is 0.725. The third-order valence-corrected chi connectivity index (χ3v) is 4.01. The van der Waals surface area contributed by atoms with Crippen LogP contribution in [0.25, 0.3) is 0 Å². The zero-order chi connectivity index (χ0) is 15.8. The number of benzene rings is 2. The first-order valence-corrected chi connectivity index (χ1v) is 8.19. The fourth-order valence-electron chi connectivity index (χ4n) is 2.60. The average Bonchev–Trinajstić information content (AvgIpc) is 2.54. The summed E-state index contributed by atoms with van der Waals surface area (Å²) >= 11 is 0. The predicted octanol–water partition coefficient (Wildman–Crippen LogP) is 5.21. The van der Waals surface area contributed by atoms with Crippen LogP contribution < -0.4 is 4.74 Å². The summed E-state index contributed by atoms with van der Waals surface area (Å²) < 4.78 is 5.80. The van der Waals surface area contributed by atoms with Crippen molar-refractivity contribution in [3.8, 4) is 11.5 Å². The molecule has 0 bridgehead atoms. The van der Waals surface area contributed by atoms with E-state index >= 15 is 0 Å². The maximum atomic E-state index is 9.92. The smallest absolute Gasteiger partial charge is 0.127 e. The second-order valence-corrected chi connectivity index (χ2v) is 5.91. The van der Waals surface area contributed by atoms with Crippen molar-refractivity contribution < 1.29 is 9.84 Å². The van der Waals surface area contributed by atoms with E-state index in [9.17, 15) is 5.11 Å². The van der Waals surface area contributed by atoms with Gasteiger partial charge in [-0.1, -0.05) is 50.1 Å². The van der Waals surface area contributed by atoms with Gasteiger partial charge in [0.1, 0.15) is 11.5 Å². The Morgan fingerprint density at radius 1 is 0.955 bits per heavy atom. The molecule has 2 rings (SSSR count). The molecule has 0 saturated heterocycles. The van der Waals surface area contributed by atoms with Crippen LogP contribution in [0, 0.1) is 5.92 Å². The van der Waals surface area contributed by atoms with E-state index in [2.05, 4.69) is 19.1 Å². The highest BCUT2D eigenvalue weighted by molar-refractivity contribution is 5.33. The van der Waals surface area contributed by atoms with Crippen molar-refractivity contribution in [2.75, 3.05) is 0 Å². The molecule has 0 aliphatic heterocycles. The summed E-state index contributed by atoms with van der Waals surface area (Å²) in [5.41, 5.74) is 1.25. The summed E-state index contributed by atoms with van der Waals surface area (Å²) in [6.45, 7) is 4.09. The number of rotatable bonds is 8. The van der Waals surface area contributed by atoms with E-state index in [1.54, 1.807) is 0 Å². The van der Waals surface area contributed by atoms with Crippen molar-refractivity contribution in [2.24, 2.45) is 5.92 Å². The molecule has 0 aliphatic rings. The Labute approximate surface area is 133 Å². The Hall–Kier alpha value is -1.80. The second kappa shape index (κ2) is 8.60. The SMILES string of the molecule is CCCC[C@@H](Cc1ccc(Oc2ccccc2)cc1)[C@@H](C)O. The molecule has 0 spiro atoms. The van der Waals surface area contributed by atoms with Crippen molar-refractivity contribution in [3.63, 3.8) is 0 Å². The van der Waals surface area contributed by atoms with Crippen LogP contribution in [0.15, 0.2) is 54.6 Å². The molecule has 1 N–H and O–H groups in total. The molecular weight excluding hydrogens is 272 g/mol. The molecule has 0 unspecified atom stereocenters. The molecule has 0 aliphatic carbocycles. The van der Waals surface area contributed by atoms with Gasteiger partial charge in [-0.2, -0.15) is 0 Å². The Morgan fingerprint density at radius 2 is 1.59 bits per heavy atom. The predicted molar refractivity (Wildman–Crippen MR) is 91.4 cm³/mol. The number of ether oxygens (including phenoxy) is 1. The highest BCUT2D eigenvalue weighted by Gasteiger charge is 2.15. The van der Waals surface area contributed by atoms with Gasteiger partial charge in [-0.05, 0) is 55.5 Å². The zero-order valence-electron chi connectivity index (χ0n) is 13.5. The Morgan fingerprint density at radius 3 is 2.18 bits per heavy atom.